The van der Waals surface area contributed by atoms with Gasteiger partial charge in [0.25, 0.3) is 0 Å². The molecule has 2 saturated carbocycles. The van der Waals surface area contributed by atoms with Crippen molar-refractivity contribution in [2.45, 2.75) is 32.1 Å². The van der Waals surface area contributed by atoms with Gasteiger partial charge in [-0.3, -0.25) is 0 Å². The van der Waals surface area contributed by atoms with Crippen LogP contribution >= 0.6 is 11.6 Å². The second-order valence-electron chi connectivity index (χ2n) is 6.21. The molecule has 0 radical (unpaired) electrons. The van der Waals surface area contributed by atoms with Gasteiger partial charge in [-0.2, -0.15) is 0 Å². The van der Waals surface area contributed by atoms with Crippen LogP contribution in [0.1, 0.15) is 31.5 Å². The molecule has 2 fully saturated rings. The SMILES string of the molecule is Nc1cc(Cl)cc2[nH]c(CC3CC4CCC3C4)nc12. The number of benzene rings is 1. The molecule has 4 rings (SSSR count). The smallest absolute Gasteiger partial charge is 0.112 e. The first-order chi connectivity index (χ1) is 9.19. The number of anilines is 1. The maximum atomic E-state index is 6.03. The van der Waals surface area contributed by atoms with Crippen molar-refractivity contribution in [3.63, 3.8) is 0 Å². The molecule has 2 aliphatic carbocycles. The van der Waals surface area contributed by atoms with Gasteiger partial charge in [-0.25, -0.2) is 4.98 Å². The molecule has 2 aromatic rings. The molecule has 2 bridgehead atoms. The zero-order valence-electron chi connectivity index (χ0n) is 10.8. The normalized spacial score (nSPS) is 29.4. The van der Waals surface area contributed by atoms with E-state index >= 15 is 0 Å². The van der Waals surface area contributed by atoms with E-state index in [1.807, 2.05) is 6.07 Å². The van der Waals surface area contributed by atoms with E-state index < -0.39 is 0 Å². The fraction of sp³-hybridized carbons (Fsp3) is 0.533. The Bertz CT molecular complexity index is 634. The van der Waals surface area contributed by atoms with Crippen LogP contribution in [0, 0.1) is 17.8 Å². The molecule has 3 nitrogen and oxygen atoms in total. The van der Waals surface area contributed by atoms with E-state index in [0.717, 1.165) is 41.0 Å². The number of halogens is 1. The second kappa shape index (κ2) is 4.14. The Morgan fingerprint density at radius 3 is 2.95 bits per heavy atom. The summed E-state index contributed by atoms with van der Waals surface area (Å²) in [6.07, 6.45) is 6.76. The minimum Gasteiger partial charge on any atom is -0.397 e. The van der Waals surface area contributed by atoms with Crippen LogP contribution in [0.2, 0.25) is 5.02 Å². The van der Waals surface area contributed by atoms with E-state index in [1.54, 1.807) is 6.07 Å². The Balaban J connectivity index is 1.63. The molecule has 100 valence electrons. The molecule has 1 aromatic carbocycles. The average molecular weight is 276 g/mol. The number of hydrogen-bond acceptors (Lipinski definition) is 2. The van der Waals surface area contributed by atoms with Crippen molar-refractivity contribution in [3.8, 4) is 0 Å². The fourth-order valence-electron chi connectivity index (χ4n) is 4.13. The van der Waals surface area contributed by atoms with Gasteiger partial charge in [0.15, 0.2) is 0 Å². The van der Waals surface area contributed by atoms with E-state index in [4.69, 9.17) is 17.3 Å². The molecular formula is C15H18ClN3. The summed E-state index contributed by atoms with van der Waals surface area (Å²) in [6, 6.07) is 3.68. The molecule has 0 spiro atoms. The highest BCUT2D eigenvalue weighted by Crippen LogP contribution is 2.49. The maximum absolute atomic E-state index is 6.03. The van der Waals surface area contributed by atoms with E-state index in [9.17, 15) is 0 Å². The van der Waals surface area contributed by atoms with Gasteiger partial charge < -0.3 is 10.7 Å². The lowest BCUT2D eigenvalue weighted by molar-refractivity contribution is 0.327. The minimum absolute atomic E-state index is 0.665. The van der Waals surface area contributed by atoms with Crippen LogP contribution in [0.3, 0.4) is 0 Å². The second-order valence-corrected chi connectivity index (χ2v) is 6.65. The molecule has 19 heavy (non-hydrogen) atoms. The van der Waals surface area contributed by atoms with Crippen molar-refractivity contribution >= 4 is 28.3 Å². The van der Waals surface area contributed by atoms with Crippen LogP contribution < -0.4 is 5.73 Å². The molecular weight excluding hydrogens is 258 g/mol. The van der Waals surface area contributed by atoms with Crippen molar-refractivity contribution < 1.29 is 0 Å². The lowest BCUT2D eigenvalue weighted by Gasteiger charge is -2.20. The standard InChI is InChI=1S/C15H18ClN3/c16-11-6-12(17)15-13(7-11)18-14(19-15)5-10-4-8-1-2-9(10)3-8/h6-10H,1-5,17H2,(H,18,19). The Morgan fingerprint density at radius 1 is 1.32 bits per heavy atom. The third-order valence-corrected chi connectivity index (χ3v) is 5.19. The fourth-order valence-corrected chi connectivity index (χ4v) is 4.36. The summed E-state index contributed by atoms with van der Waals surface area (Å²) in [5.74, 6) is 3.80. The van der Waals surface area contributed by atoms with Gasteiger partial charge in [-0.05, 0) is 49.1 Å². The zero-order chi connectivity index (χ0) is 13.0. The molecule has 3 N–H and O–H groups in total. The maximum Gasteiger partial charge on any atom is 0.112 e. The number of H-pyrrole nitrogens is 1. The predicted molar refractivity (Wildman–Crippen MR) is 78.2 cm³/mol. The van der Waals surface area contributed by atoms with E-state index in [2.05, 4.69) is 9.97 Å². The number of aromatic nitrogens is 2. The third kappa shape index (κ3) is 1.91. The number of imidazole rings is 1. The Labute approximate surface area is 117 Å². The Hall–Kier alpha value is -1.22. The minimum atomic E-state index is 0.665. The zero-order valence-corrected chi connectivity index (χ0v) is 11.6. The summed E-state index contributed by atoms with van der Waals surface area (Å²) in [6.45, 7) is 0. The van der Waals surface area contributed by atoms with Crippen LogP contribution in [-0.2, 0) is 6.42 Å². The van der Waals surface area contributed by atoms with Crippen LogP contribution in [-0.4, -0.2) is 9.97 Å². The number of nitrogens with zero attached hydrogens (tertiary/aromatic N) is 1. The number of fused-ring (bicyclic) bond motifs is 3. The third-order valence-electron chi connectivity index (χ3n) is 4.97. The van der Waals surface area contributed by atoms with Gasteiger partial charge >= 0.3 is 0 Å². The van der Waals surface area contributed by atoms with Gasteiger partial charge in [0.2, 0.25) is 0 Å². The quantitative estimate of drug-likeness (QED) is 0.820. The highest BCUT2D eigenvalue weighted by Gasteiger charge is 2.39. The van der Waals surface area contributed by atoms with Crippen LogP contribution in [0.5, 0.6) is 0 Å². The van der Waals surface area contributed by atoms with Crippen LogP contribution in [0.25, 0.3) is 11.0 Å². The summed E-state index contributed by atoms with van der Waals surface area (Å²) in [7, 11) is 0. The highest BCUT2D eigenvalue weighted by atomic mass is 35.5. The number of nitrogen functional groups attached to an aromatic ring is 1. The van der Waals surface area contributed by atoms with Crippen molar-refractivity contribution in [1.82, 2.24) is 9.97 Å². The van der Waals surface area contributed by atoms with Gasteiger partial charge in [-0.15, -0.1) is 0 Å². The predicted octanol–water partition coefficient (Wildman–Crippen LogP) is 3.78. The average Bonchev–Trinajstić information content (AvgIpc) is 3.03. The molecule has 0 amide bonds. The van der Waals surface area contributed by atoms with Crippen LogP contribution in [0.4, 0.5) is 5.69 Å². The van der Waals surface area contributed by atoms with Gasteiger partial charge in [-0.1, -0.05) is 18.0 Å². The molecule has 2 aliphatic rings. The van der Waals surface area contributed by atoms with Crippen LogP contribution in [0.15, 0.2) is 12.1 Å². The van der Waals surface area contributed by atoms with E-state index in [-0.39, 0.29) is 0 Å². The number of nitrogens with two attached hydrogens (primary N) is 1. The molecule has 3 atom stereocenters. The summed E-state index contributed by atoms with van der Waals surface area (Å²) in [5, 5.41) is 0.667. The number of hydrogen-bond donors (Lipinski definition) is 2. The van der Waals surface area contributed by atoms with Crippen molar-refractivity contribution in [2.75, 3.05) is 5.73 Å². The molecule has 1 heterocycles. The van der Waals surface area contributed by atoms with E-state index in [1.165, 1.54) is 25.7 Å². The van der Waals surface area contributed by atoms with Gasteiger partial charge in [0, 0.05) is 11.4 Å². The molecule has 3 unspecified atom stereocenters. The molecule has 1 aromatic heterocycles. The summed E-state index contributed by atoms with van der Waals surface area (Å²) < 4.78 is 0. The summed E-state index contributed by atoms with van der Waals surface area (Å²) in [4.78, 5) is 8.05. The Morgan fingerprint density at radius 2 is 2.21 bits per heavy atom. The summed E-state index contributed by atoms with van der Waals surface area (Å²) >= 11 is 6.03. The Kier molecular flexibility index (Phi) is 2.52. The van der Waals surface area contributed by atoms with Crippen molar-refractivity contribution in [2.24, 2.45) is 17.8 Å². The van der Waals surface area contributed by atoms with Crippen molar-refractivity contribution in [3.05, 3.63) is 23.0 Å². The number of rotatable bonds is 2. The number of nitrogens with one attached hydrogen (secondary N) is 1. The first-order valence-electron chi connectivity index (χ1n) is 7.12. The monoisotopic (exact) mass is 275 g/mol. The first kappa shape index (κ1) is 11.6. The molecule has 0 saturated heterocycles. The lowest BCUT2D eigenvalue weighted by Crippen LogP contribution is -2.13. The topological polar surface area (TPSA) is 54.7 Å². The largest absolute Gasteiger partial charge is 0.397 e. The number of aromatic amines is 1. The molecule has 0 aliphatic heterocycles. The van der Waals surface area contributed by atoms with Gasteiger partial charge in [0.05, 0.1) is 11.2 Å². The highest BCUT2D eigenvalue weighted by molar-refractivity contribution is 6.31. The van der Waals surface area contributed by atoms with Crippen molar-refractivity contribution in [1.29, 1.82) is 0 Å². The first-order valence-corrected chi connectivity index (χ1v) is 7.50. The lowest BCUT2D eigenvalue weighted by atomic mass is 9.86. The van der Waals surface area contributed by atoms with Gasteiger partial charge in [0.1, 0.15) is 11.3 Å². The summed E-state index contributed by atoms with van der Waals surface area (Å²) in [5.41, 5.74) is 8.46. The molecule has 4 heteroatoms. The van der Waals surface area contributed by atoms with E-state index in [0.29, 0.717) is 10.7 Å².